The number of carbonyl (C=O) groups excluding carboxylic acids is 1. The second-order valence-electron chi connectivity index (χ2n) is 5.66. The highest BCUT2D eigenvalue weighted by Gasteiger charge is 2.26. The fourth-order valence-electron chi connectivity index (χ4n) is 1.82. The zero-order chi connectivity index (χ0) is 16.2. The van der Waals surface area contributed by atoms with E-state index in [0.29, 0.717) is 6.42 Å². The molecule has 0 fully saturated rings. The lowest BCUT2D eigenvalue weighted by Gasteiger charge is -2.24. The van der Waals surface area contributed by atoms with Crippen LogP contribution < -0.4 is 5.32 Å². The van der Waals surface area contributed by atoms with Gasteiger partial charge in [0.15, 0.2) is 9.84 Å². The van der Waals surface area contributed by atoms with E-state index in [0.717, 1.165) is 11.8 Å². The van der Waals surface area contributed by atoms with E-state index in [2.05, 4.69) is 5.32 Å². The number of carbonyl (C=O) groups is 1. The fourth-order valence-corrected chi connectivity index (χ4v) is 2.28. The maximum atomic E-state index is 12.9. The Labute approximate surface area is 125 Å². The lowest BCUT2D eigenvalue weighted by atomic mass is 9.96. The minimum absolute atomic E-state index is 0.130. The van der Waals surface area contributed by atoms with Crippen LogP contribution in [0.4, 0.5) is 4.39 Å². The van der Waals surface area contributed by atoms with Gasteiger partial charge in [-0.3, -0.25) is 4.79 Å². The summed E-state index contributed by atoms with van der Waals surface area (Å²) < 4.78 is 35.7. The number of hydrogen-bond donors (Lipinski definition) is 1. The summed E-state index contributed by atoms with van der Waals surface area (Å²) in [6, 6.07) is 5.86. The van der Waals surface area contributed by atoms with Crippen molar-refractivity contribution in [2.75, 3.05) is 6.26 Å². The summed E-state index contributed by atoms with van der Waals surface area (Å²) >= 11 is 0. The average Bonchev–Trinajstić information content (AvgIpc) is 2.38. The van der Waals surface area contributed by atoms with Crippen LogP contribution in [0.1, 0.15) is 26.3 Å². The zero-order valence-corrected chi connectivity index (χ0v) is 13.6. The van der Waals surface area contributed by atoms with Crippen LogP contribution >= 0.6 is 0 Å². The van der Waals surface area contributed by atoms with Gasteiger partial charge < -0.3 is 5.32 Å². The molecule has 0 aliphatic rings. The van der Waals surface area contributed by atoms with Gasteiger partial charge in [-0.2, -0.15) is 0 Å². The third-order valence-electron chi connectivity index (χ3n) is 3.51. The highest BCUT2D eigenvalue weighted by atomic mass is 32.2. The van der Waals surface area contributed by atoms with Gasteiger partial charge in [0.2, 0.25) is 5.91 Å². The molecule has 6 heteroatoms. The molecule has 0 saturated heterocycles. The molecule has 21 heavy (non-hydrogen) atoms. The van der Waals surface area contributed by atoms with Crippen molar-refractivity contribution in [2.24, 2.45) is 5.92 Å². The largest absolute Gasteiger partial charge is 0.352 e. The van der Waals surface area contributed by atoms with Crippen LogP contribution in [0.15, 0.2) is 24.3 Å². The topological polar surface area (TPSA) is 63.2 Å². The summed E-state index contributed by atoms with van der Waals surface area (Å²) in [5.74, 6) is -0.682. The molecular weight excluding hydrogens is 293 g/mol. The number of amides is 1. The molecule has 1 amide bonds. The Hall–Kier alpha value is -1.43. The molecule has 1 aromatic carbocycles. The summed E-state index contributed by atoms with van der Waals surface area (Å²) in [6.45, 7) is 5.26. The Balaban J connectivity index is 2.79. The smallest absolute Gasteiger partial charge is 0.238 e. The third-order valence-corrected chi connectivity index (χ3v) is 5.01. The lowest BCUT2D eigenvalue weighted by molar-refractivity contribution is -0.121. The van der Waals surface area contributed by atoms with Gasteiger partial charge in [-0.25, -0.2) is 12.8 Å². The van der Waals surface area contributed by atoms with Gasteiger partial charge >= 0.3 is 0 Å². The van der Waals surface area contributed by atoms with Crippen LogP contribution in [0.2, 0.25) is 0 Å². The maximum Gasteiger partial charge on any atom is 0.238 e. The van der Waals surface area contributed by atoms with E-state index >= 15 is 0 Å². The molecule has 0 saturated carbocycles. The van der Waals surface area contributed by atoms with Gasteiger partial charge in [-0.1, -0.05) is 26.0 Å². The Morgan fingerprint density at radius 2 is 1.71 bits per heavy atom. The number of rotatable bonds is 6. The van der Waals surface area contributed by atoms with Crippen molar-refractivity contribution in [1.82, 2.24) is 5.32 Å². The molecule has 0 aliphatic heterocycles. The molecule has 0 aliphatic carbocycles. The number of hydrogen-bond acceptors (Lipinski definition) is 3. The predicted octanol–water partition coefficient (Wildman–Crippen LogP) is 1.94. The van der Waals surface area contributed by atoms with Crippen LogP contribution in [0.5, 0.6) is 0 Å². The Morgan fingerprint density at radius 3 is 2.14 bits per heavy atom. The molecule has 0 heterocycles. The normalized spacial score (nSPS) is 14.8. The van der Waals surface area contributed by atoms with E-state index < -0.39 is 21.0 Å². The van der Waals surface area contributed by atoms with E-state index in [1.807, 2.05) is 13.8 Å². The SMILES string of the molecule is CC(C)[C@H](Cc1ccc(F)cc1)NC(=O)[C@@H](C)S(C)(=O)=O. The van der Waals surface area contributed by atoms with Crippen molar-refractivity contribution in [3.63, 3.8) is 0 Å². The second-order valence-corrected chi connectivity index (χ2v) is 8.03. The van der Waals surface area contributed by atoms with Crippen LogP contribution in [-0.2, 0) is 21.1 Å². The van der Waals surface area contributed by atoms with Gasteiger partial charge in [-0.05, 0) is 37.0 Å². The lowest BCUT2D eigenvalue weighted by Crippen LogP contribution is -2.46. The summed E-state index contributed by atoms with van der Waals surface area (Å²) in [7, 11) is -3.41. The molecule has 0 aromatic heterocycles. The first kappa shape index (κ1) is 17.6. The first-order valence-electron chi connectivity index (χ1n) is 6.85. The predicted molar refractivity (Wildman–Crippen MR) is 81.2 cm³/mol. The van der Waals surface area contributed by atoms with E-state index in [9.17, 15) is 17.6 Å². The minimum atomic E-state index is -3.41. The van der Waals surface area contributed by atoms with Crippen molar-refractivity contribution >= 4 is 15.7 Å². The quantitative estimate of drug-likeness (QED) is 0.872. The molecule has 4 nitrogen and oxygen atoms in total. The number of sulfone groups is 1. The van der Waals surface area contributed by atoms with Crippen molar-refractivity contribution in [2.45, 2.75) is 38.5 Å². The highest BCUT2D eigenvalue weighted by molar-refractivity contribution is 7.92. The summed E-state index contributed by atoms with van der Waals surface area (Å²) in [6.07, 6.45) is 1.57. The average molecular weight is 315 g/mol. The maximum absolute atomic E-state index is 12.9. The molecule has 0 bridgehead atoms. The third kappa shape index (κ3) is 5.46. The minimum Gasteiger partial charge on any atom is -0.352 e. The first-order valence-corrected chi connectivity index (χ1v) is 8.80. The van der Waals surface area contributed by atoms with E-state index in [1.54, 1.807) is 12.1 Å². The van der Waals surface area contributed by atoms with Crippen LogP contribution in [0.25, 0.3) is 0 Å². The number of benzene rings is 1. The molecular formula is C15H22FNO3S. The Kier molecular flexibility index (Phi) is 5.89. The number of halogens is 1. The van der Waals surface area contributed by atoms with Gasteiger partial charge in [0.25, 0.3) is 0 Å². The molecule has 0 spiro atoms. The Morgan fingerprint density at radius 1 is 1.19 bits per heavy atom. The standard InChI is InChI=1S/C15H22FNO3S/c1-10(2)14(9-12-5-7-13(16)8-6-12)17-15(18)11(3)21(4,19)20/h5-8,10-11,14H,9H2,1-4H3,(H,17,18)/t11-,14+/m1/s1. The second kappa shape index (κ2) is 7.02. The number of nitrogens with one attached hydrogen (secondary N) is 1. The van der Waals surface area contributed by atoms with Crippen molar-refractivity contribution in [1.29, 1.82) is 0 Å². The molecule has 0 radical (unpaired) electrons. The van der Waals surface area contributed by atoms with E-state index in [4.69, 9.17) is 0 Å². The Bertz CT molecular complexity index is 581. The van der Waals surface area contributed by atoms with Gasteiger partial charge in [0, 0.05) is 12.3 Å². The van der Waals surface area contributed by atoms with Crippen molar-refractivity contribution in [3.05, 3.63) is 35.6 Å². The molecule has 118 valence electrons. The van der Waals surface area contributed by atoms with Crippen molar-refractivity contribution in [3.8, 4) is 0 Å². The fraction of sp³-hybridized carbons (Fsp3) is 0.533. The summed E-state index contributed by atoms with van der Waals surface area (Å²) in [4.78, 5) is 12.0. The molecule has 1 N–H and O–H groups in total. The van der Waals surface area contributed by atoms with Crippen molar-refractivity contribution < 1.29 is 17.6 Å². The van der Waals surface area contributed by atoms with Crippen LogP contribution in [0, 0.1) is 11.7 Å². The molecule has 0 unspecified atom stereocenters. The van der Waals surface area contributed by atoms with Crippen LogP contribution in [0.3, 0.4) is 0 Å². The highest BCUT2D eigenvalue weighted by Crippen LogP contribution is 2.12. The van der Waals surface area contributed by atoms with E-state index in [-0.39, 0.29) is 17.8 Å². The van der Waals surface area contributed by atoms with Gasteiger partial charge in [0.1, 0.15) is 11.1 Å². The van der Waals surface area contributed by atoms with Crippen LogP contribution in [-0.4, -0.2) is 31.9 Å². The first-order chi connectivity index (χ1) is 9.61. The summed E-state index contributed by atoms with van der Waals surface area (Å²) in [5.41, 5.74) is 0.891. The summed E-state index contributed by atoms with van der Waals surface area (Å²) in [5, 5.41) is 1.70. The molecule has 2 atom stereocenters. The zero-order valence-electron chi connectivity index (χ0n) is 12.8. The van der Waals surface area contributed by atoms with Gasteiger partial charge in [-0.15, -0.1) is 0 Å². The van der Waals surface area contributed by atoms with E-state index in [1.165, 1.54) is 19.1 Å². The monoisotopic (exact) mass is 315 g/mol. The molecule has 1 rings (SSSR count). The van der Waals surface area contributed by atoms with Gasteiger partial charge in [0.05, 0.1) is 0 Å². The molecule has 1 aromatic rings.